The third-order valence-electron chi connectivity index (χ3n) is 4.40. The topological polar surface area (TPSA) is 91.3 Å². The van der Waals surface area contributed by atoms with Gasteiger partial charge in [-0.1, -0.05) is 48.1 Å². The largest absolute Gasteiger partial charge is 0.481 e. The molecule has 0 aliphatic heterocycles. The number of hydrogen-bond donors (Lipinski definition) is 3. The summed E-state index contributed by atoms with van der Waals surface area (Å²) < 4.78 is 0. The van der Waals surface area contributed by atoms with Crippen LogP contribution in [0.1, 0.15) is 25.0 Å². The molecule has 3 N–H and O–H groups in total. The zero-order chi connectivity index (χ0) is 17.2. The number of carboxylic acids is 1. The van der Waals surface area contributed by atoms with Gasteiger partial charge in [0.15, 0.2) is 5.13 Å². The molecule has 1 aliphatic rings. The van der Waals surface area contributed by atoms with Gasteiger partial charge in [-0.15, -0.1) is 0 Å². The number of thiazole rings is 1. The number of anilines is 1. The van der Waals surface area contributed by atoms with Gasteiger partial charge in [0.2, 0.25) is 0 Å². The highest BCUT2D eigenvalue weighted by molar-refractivity contribution is 7.19. The van der Waals surface area contributed by atoms with Crippen molar-refractivity contribution in [2.24, 2.45) is 5.41 Å². The van der Waals surface area contributed by atoms with Gasteiger partial charge in [0.25, 0.3) is 0 Å². The molecule has 1 aliphatic carbocycles. The molecule has 7 heteroatoms. The first-order valence-electron chi connectivity index (χ1n) is 7.81. The fraction of sp³-hybridized carbons (Fsp3) is 0.353. The van der Waals surface area contributed by atoms with Crippen molar-refractivity contribution < 1.29 is 14.7 Å². The van der Waals surface area contributed by atoms with Crippen LogP contribution < -0.4 is 10.6 Å². The van der Waals surface area contributed by atoms with Gasteiger partial charge in [-0.25, -0.2) is 9.78 Å². The normalized spacial score (nSPS) is 15.4. The van der Waals surface area contributed by atoms with Gasteiger partial charge >= 0.3 is 12.0 Å². The molecule has 1 fully saturated rings. The van der Waals surface area contributed by atoms with Gasteiger partial charge in [-0.3, -0.25) is 10.1 Å². The molecule has 0 saturated heterocycles. The average Bonchev–Trinajstić information content (AvgIpc) is 2.87. The molecule has 0 unspecified atom stereocenters. The Bertz CT molecular complexity index is 754. The Morgan fingerprint density at radius 3 is 2.58 bits per heavy atom. The van der Waals surface area contributed by atoms with E-state index in [9.17, 15) is 14.7 Å². The third-order valence-corrected chi connectivity index (χ3v) is 5.53. The summed E-state index contributed by atoms with van der Waals surface area (Å²) in [6.07, 6.45) is 2.11. The SMILES string of the molecule is Cc1nc(NC(=O)NCC2(C(=O)O)CCC2)sc1-c1ccccc1. The molecule has 24 heavy (non-hydrogen) atoms. The summed E-state index contributed by atoms with van der Waals surface area (Å²) in [4.78, 5) is 28.7. The summed E-state index contributed by atoms with van der Waals surface area (Å²) >= 11 is 1.40. The predicted molar refractivity (Wildman–Crippen MR) is 93.2 cm³/mol. The lowest BCUT2D eigenvalue weighted by molar-refractivity contribution is -0.153. The fourth-order valence-corrected chi connectivity index (χ4v) is 3.73. The Morgan fingerprint density at radius 1 is 1.29 bits per heavy atom. The number of carbonyl (C=O) groups is 2. The van der Waals surface area contributed by atoms with Gasteiger partial charge in [0.1, 0.15) is 0 Å². The van der Waals surface area contributed by atoms with Crippen molar-refractivity contribution in [2.45, 2.75) is 26.2 Å². The number of hydrogen-bond acceptors (Lipinski definition) is 4. The maximum absolute atomic E-state index is 12.0. The van der Waals surface area contributed by atoms with E-state index in [-0.39, 0.29) is 6.54 Å². The number of aliphatic carboxylic acids is 1. The van der Waals surface area contributed by atoms with Crippen molar-refractivity contribution >= 4 is 28.5 Å². The molecule has 0 spiro atoms. The van der Waals surface area contributed by atoms with E-state index in [0.717, 1.165) is 22.6 Å². The minimum atomic E-state index is -0.842. The Hall–Kier alpha value is -2.41. The fourth-order valence-electron chi connectivity index (χ4n) is 2.77. The van der Waals surface area contributed by atoms with Crippen molar-refractivity contribution in [3.05, 3.63) is 36.0 Å². The number of aryl methyl sites for hydroxylation is 1. The van der Waals surface area contributed by atoms with Crippen LogP contribution in [0.3, 0.4) is 0 Å². The highest BCUT2D eigenvalue weighted by Crippen LogP contribution is 2.40. The minimum absolute atomic E-state index is 0.143. The number of carboxylic acid groups (broad SMARTS) is 1. The summed E-state index contributed by atoms with van der Waals surface area (Å²) in [5.74, 6) is -0.842. The van der Waals surface area contributed by atoms with Crippen molar-refractivity contribution in [1.82, 2.24) is 10.3 Å². The van der Waals surface area contributed by atoms with Crippen LogP contribution in [0.25, 0.3) is 10.4 Å². The van der Waals surface area contributed by atoms with Crippen LogP contribution >= 0.6 is 11.3 Å². The quantitative estimate of drug-likeness (QED) is 0.773. The lowest BCUT2D eigenvalue weighted by atomic mass is 9.69. The average molecular weight is 345 g/mol. The summed E-state index contributed by atoms with van der Waals surface area (Å²) in [5, 5.41) is 15.1. The van der Waals surface area contributed by atoms with Gasteiger partial charge in [-0.2, -0.15) is 0 Å². The molecule has 126 valence electrons. The molecule has 1 aromatic heterocycles. The van der Waals surface area contributed by atoms with Crippen LogP contribution in [-0.4, -0.2) is 28.6 Å². The van der Waals surface area contributed by atoms with Gasteiger partial charge in [0, 0.05) is 6.54 Å². The van der Waals surface area contributed by atoms with E-state index in [1.165, 1.54) is 11.3 Å². The zero-order valence-electron chi connectivity index (χ0n) is 13.3. The van der Waals surface area contributed by atoms with E-state index in [2.05, 4.69) is 15.6 Å². The van der Waals surface area contributed by atoms with E-state index in [0.29, 0.717) is 18.0 Å². The molecule has 1 saturated carbocycles. The molecule has 3 rings (SSSR count). The number of aromatic nitrogens is 1. The molecule has 2 aromatic rings. The maximum atomic E-state index is 12.0. The number of urea groups is 1. The van der Waals surface area contributed by atoms with E-state index in [1.807, 2.05) is 37.3 Å². The molecule has 0 radical (unpaired) electrons. The number of rotatable bonds is 5. The van der Waals surface area contributed by atoms with Crippen LogP contribution in [0.5, 0.6) is 0 Å². The molecule has 0 bridgehead atoms. The standard InChI is InChI=1S/C17H19N3O3S/c1-11-13(12-6-3-2-4-7-12)24-16(19-11)20-15(23)18-10-17(14(21)22)8-5-9-17/h2-4,6-7H,5,8-10H2,1H3,(H,21,22)(H2,18,19,20,23). The smallest absolute Gasteiger partial charge is 0.321 e. The van der Waals surface area contributed by atoms with Crippen LogP contribution in [0.2, 0.25) is 0 Å². The van der Waals surface area contributed by atoms with Crippen LogP contribution in [-0.2, 0) is 4.79 Å². The highest BCUT2D eigenvalue weighted by atomic mass is 32.1. The van der Waals surface area contributed by atoms with Crippen molar-refractivity contribution in [3.63, 3.8) is 0 Å². The second-order valence-corrected chi connectivity index (χ2v) is 7.05. The number of benzene rings is 1. The number of carbonyl (C=O) groups excluding carboxylic acids is 1. The maximum Gasteiger partial charge on any atom is 0.321 e. The minimum Gasteiger partial charge on any atom is -0.481 e. The van der Waals surface area contributed by atoms with Gasteiger partial charge < -0.3 is 10.4 Å². The van der Waals surface area contributed by atoms with E-state index in [1.54, 1.807) is 0 Å². The van der Waals surface area contributed by atoms with E-state index in [4.69, 9.17) is 0 Å². The molecule has 0 atom stereocenters. The number of nitrogens with one attached hydrogen (secondary N) is 2. The predicted octanol–water partition coefficient (Wildman–Crippen LogP) is 3.49. The van der Waals surface area contributed by atoms with Crippen molar-refractivity contribution in [3.8, 4) is 10.4 Å². The van der Waals surface area contributed by atoms with Crippen LogP contribution in [0, 0.1) is 12.3 Å². The van der Waals surface area contributed by atoms with E-state index < -0.39 is 17.4 Å². The molecule has 1 heterocycles. The Morgan fingerprint density at radius 2 is 2.00 bits per heavy atom. The molecule has 2 amide bonds. The molecular weight excluding hydrogens is 326 g/mol. The third kappa shape index (κ3) is 3.26. The summed E-state index contributed by atoms with van der Waals surface area (Å²) in [7, 11) is 0. The first-order chi connectivity index (χ1) is 11.5. The van der Waals surface area contributed by atoms with Crippen LogP contribution in [0.15, 0.2) is 30.3 Å². The highest BCUT2D eigenvalue weighted by Gasteiger charge is 2.44. The Labute approximate surface area is 143 Å². The lowest BCUT2D eigenvalue weighted by Gasteiger charge is -2.37. The zero-order valence-corrected chi connectivity index (χ0v) is 14.2. The monoisotopic (exact) mass is 345 g/mol. The Kier molecular flexibility index (Phi) is 4.53. The number of amides is 2. The molecular formula is C17H19N3O3S. The van der Waals surface area contributed by atoms with Crippen molar-refractivity contribution in [2.75, 3.05) is 11.9 Å². The second-order valence-electron chi connectivity index (χ2n) is 6.05. The Balaban J connectivity index is 1.62. The first kappa shape index (κ1) is 16.4. The summed E-state index contributed by atoms with van der Waals surface area (Å²) in [5.41, 5.74) is 1.11. The summed E-state index contributed by atoms with van der Waals surface area (Å²) in [6.45, 7) is 2.04. The number of nitrogens with zero attached hydrogens (tertiary/aromatic N) is 1. The van der Waals surface area contributed by atoms with Gasteiger partial charge in [-0.05, 0) is 25.3 Å². The lowest BCUT2D eigenvalue weighted by Crippen LogP contribution is -2.48. The molecule has 1 aromatic carbocycles. The van der Waals surface area contributed by atoms with E-state index >= 15 is 0 Å². The van der Waals surface area contributed by atoms with Crippen molar-refractivity contribution in [1.29, 1.82) is 0 Å². The first-order valence-corrected chi connectivity index (χ1v) is 8.63. The molecule has 6 nitrogen and oxygen atoms in total. The summed E-state index contributed by atoms with van der Waals surface area (Å²) in [6, 6.07) is 9.44. The second kappa shape index (κ2) is 6.60. The van der Waals surface area contributed by atoms with Gasteiger partial charge in [0.05, 0.1) is 16.0 Å². The van der Waals surface area contributed by atoms with Crippen LogP contribution in [0.4, 0.5) is 9.93 Å².